The van der Waals surface area contributed by atoms with E-state index in [-0.39, 0.29) is 11.6 Å². The average molecular weight is 373 g/mol. The maximum Gasteiger partial charge on any atom is 0.271 e. The highest BCUT2D eigenvalue weighted by atomic mass is 32.2. The molecular weight excluding hydrogens is 358 g/mol. The molecule has 0 aliphatic rings. The quantitative estimate of drug-likeness (QED) is 0.401. The van der Waals surface area contributed by atoms with Gasteiger partial charge in [-0.05, 0) is 25.1 Å². The molecule has 1 aromatic carbocycles. The van der Waals surface area contributed by atoms with Crippen LogP contribution in [-0.4, -0.2) is 30.8 Å². The maximum absolute atomic E-state index is 12.4. The van der Waals surface area contributed by atoms with E-state index in [4.69, 9.17) is 4.42 Å². The third kappa shape index (κ3) is 3.75. The molecule has 1 N–H and O–H groups in total. The van der Waals surface area contributed by atoms with E-state index in [1.54, 1.807) is 43.0 Å². The van der Waals surface area contributed by atoms with Crippen molar-refractivity contribution in [2.75, 3.05) is 5.32 Å². The fraction of sp³-hybridized carbons (Fsp3) is 0.188. The second-order valence-corrected chi connectivity index (χ2v) is 6.71. The van der Waals surface area contributed by atoms with Crippen LogP contribution in [0.25, 0.3) is 11.6 Å². The van der Waals surface area contributed by atoms with Gasteiger partial charge in [0.25, 0.3) is 5.69 Å². The molecule has 0 aliphatic carbocycles. The Kier molecular flexibility index (Phi) is 5.03. The van der Waals surface area contributed by atoms with E-state index >= 15 is 0 Å². The third-order valence-electron chi connectivity index (χ3n) is 3.55. The molecule has 26 heavy (non-hydrogen) atoms. The summed E-state index contributed by atoms with van der Waals surface area (Å²) in [5.41, 5.74) is 0.283. The van der Waals surface area contributed by atoms with Gasteiger partial charge in [-0.1, -0.05) is 17.8 Å². The fourth-order valence-corrected chi connectivity index (χ4v) is 3.01. The SMILES string of the molecule is C[C@H](Sc1nnc(-c2ccco2)n1C)C(=O)Nc1cccc([N+](=O)[O-])c1. The van der Waals surface area contributed by atoms with Crippen molar-refractivity contribution < 1.29 is 14.1 Å². The first-order valence-electron chi connectivity index (χ1n) is 7.61. The number of furan rings is 1. The number of hydrogen-bond donors (Lipinski definition) is 1. The average Bonchev–Trinajstić information content (AvgIpc) is 3.25. The van der Waals surface area contributed by atoms with Crippen molar-refractivity contribution in [3.63, 3.8) is 0 Å². The highest BCUT2D eigenvalue weighted by Crippen LogP contribution is 2.26. The van der Waals surface area contributed by atoms with Crippen LogP contribution in [0.1, 0.15) is 6.92 Å². The van der Waals surface area contributed by atoms with Gasteiger partial charge in [0.2, 0.25) is 5.91 Å². The lowest BCUT2D eigenvalue weighted by Crippen LogP contribution is -2.22. The summed E-state index contributed by atoms with van der Waals surface area (Å²) < 4.78 is 7.05. The number of thioether (sulfide) groups is 1. The molecule has 2 aromatic heterocycles. The molecule has 2 heterocycles. The summed E-state index contributed by atoms with van der Waals surface area (Å²) >= 11 is 1.23. The van der Waals surface area contributed by atoms with Crippen LogP contribution in [0, 0.1) is 10.1 Å². The number of amides is 1. The Hall–Kier alpha value is -3.14. The Bertz CT molecular complexity index is 938. The predicted molar refractivity (Wildman–Crippen MR) is 95.8 cm³/mol. The lowest BCUT2D eigenvalue weighted by Gasteiger charge is -2.11. The molecule has 3 aromatic rings. The molecule has 0 aliphatic heterocycles. The number of nitro groups is 1. The number of nitrogens with zero attached hydrogens (tertiary/aromatic N) is 4. The van der Waals surface area contributed by atoms with Crippen LogP contribution in [0.15, 0.2) is 52.2 Å². The molecular formula is C16H15N5O4S. The molecule has 9 nitrogen and oxygen atoms in total. The van der Waals surface area contributed by atoms with Crippen LogP contribution in [0.5, 0.6) is 0 Å². The number of non-ortho nitro benzene ring substituents is 1. The first-order chi connectivity index (χ1) is 12.5. The van der Waals surface area contributed by atoms with Crippen molar-refractivity contribution in [1.29, 1.82) is 0 Å². The van der Waals surface area contributed by atoms with Crippen molar-refractivity contribution in [2.24, 2.45) is 7.05 Å². The first kappa shape index (κ1) is 17.7. The largest absolute Gasteiger partial charge is 0.461 e. The zero-order valence-electron chi connectivity index (χ0n) is 13.9. The number of hydrogen-bond acceptors (Lipinski definition) is 7. The predicted octanol–water partition coefficient (Wildman–Crippen LogP) is 3.10. The van der Waals surface area contributed by atoms with Gasteiger partial charge in [0.15, 0.2) is 16.7 Å². The minimum atomic E-state index is -0.510. The lowest BCUT2D eigenvalue weighted by atomic mass is 10.2. The van der Waals surface area contributed by atoms with Gasteiger partial charge in [0, 0.05) is 24.9 Å². The number of aromatic nitrogens is 3. The summed E-state index contributed by atoms with van der Waals surface area (Å²) in [6.45, 7) is 1.72. The second kappa shape index (κ2) is 7.40. The Balaban J connectivity index is 1.68. The molecule has 0 unspecified atom stereocenters. The monoisotopic (exact) mass is 373 g/mol. The van der Waals surface area contributed by atoms with E-state index in [0.717, 1.165) is 0 Å². The highest BCUT2D eigenvalue weighted by Gasteiger charge is 2.20. The number of carbonyl (C=O) groups excluding carboxylic acids is 1. The smallest absolute Gasteiger partial charge is 0.271 e. The standard InChI is InChI=1S/C16H15N5O4S/c1-10(15(22)17-11-5-3-6-12(9-11)21(23)24)26-16-19-18-14(20(16)2)13-7-4-8-25-13/h3-10H,1-2H3,(H,17,22)/t10-/m0/s1. The Morgan fingerprint density at radius 2 is 2.15 bits per heavy atom. The zero-order chi connectivity index (χ0) is 18.7. The van der Waals surface area contributed by atoms with E-state index in [2.05, 4.69) is 15.5 Å². The van der Waals surface area contributed by atoms with Gasteiger partial charge in [-0.15, -0.1) is 10.2 Å². The summed E-state index contributed by atoms with van der Waals surface area (Å²) in [7, 11) is 1.78. The molecule has 0 spiro atoms. The van der Waals surface area contributed by atoms with Gasteiger partial charge in [-0.2, -0.15) is 0 Å². The molecule has 3 rings (SSSR count). The van der Waals surface area contributed by atoms with E-state index in [9.17, 15) is 14.9 Å². The topological polar surface area (TPSA) is 116 Å². The first-order valence-corrected chi connectivity index (χ1v) is 8.49. The van der Waals surface area contributed by atoms with Gasteiger partial charge in [0.1, 0.15) is 0 Å². The molecule has 1 amide bonds. The van der Waals surface area contributed by atoms with Crippen LogP contribution in [0.3, 0.4) is 0 Å². The molecule has 134 valence electrons. The lowest BCUT2D eigenvalue weighted by molar-refractivity contribution is -0.384. The van der Waals surface area contributed by atoms with Gasteiger partial charge >= 0.3 is 0 Å². The summed E-state index contributed by atoms with van der Waals surface area (Å²) in [6, 6.07) is 9.32. The normalized spacial score (nSPS) is 11.9. The van der Waals surface area contributed by atoms with Crippen molar-refractivity contribution in [2.45, 2.75) is 17.3 Å². The van der Waals surface area contributed by atoms with Crippen LogP contribution < -0.4 is 5.32 Å². The summed E-state index contributed by atoms with van der Waals surface area (Å²) in [5.74, 6) is 0.849. The summed E-state index contributed by atoms with van der Waals surface area (Å²) in [6.07, 6.45) is 1.55. The van der Waals surface area contributed by atoms with E-state index < -0.39 is 10.2 Å². The fourth-order valence-electron chi connectivity index (χ4n) is 2.19. The molecule has 0 saturated carbocycles. The van der Waals surface area contributed by atoms with Gasteiger partial charge in [0.05, 0.1) is 16.4 Å². The minimum absolute atomic E-state index is 0.0838. The van der Waals surface area contributed by atoms with Gasteiger partial charge < -0.3 is 14.3 Å². The van der Waals surface area contributed by atoms with Crippen molar-refractivity contribution in [3.05, 3.63) is 52.8 Å². The molecule has 0 saturated heterocycles. The van der Waals surface area contributed by atoms with E-state index in [1.165, 1.54) is 30.0 Å². The molecule has 1 atom stereocenters. The van der Waals surface area contributed by atoms with Crippen molar-refractivity contribution in [3.8, 4) is 11.6 Å². The van der Waals surface area contributed by atoms with Crippen LogP contribution in [0.4, 0.5) is 11.4 Å². The summed E-state index contributed by atoms with van der Waals surface area (Å²) in [4.78, 5) is 22.7. The second-order valence-electron chi connectivity index (χ2n) is 5.40. The number of benzene rings is 1. The van der Waals surface area contributed by atoms with Crippen molar-refractivity contribution >= 4 is 29.0 Å². The number of nitro benzene ring substituents is 1. The molecule has 0 bridgehead atoms. The molecule has 10 heteroatoms. The number of anilines is 1. The number of carbonyl (C=O) groups is 1. The van der Waals surface area contributed by atoms with Crippen LogP contribution in [-0.2, 0) is 11.8 Å². The summed E-state index contributed by atoms with van der Waals surface area (Å²) in [5, 5.41) is 21.7. The van der Waals surface area contributed by atoms with Crippen LogP contribution >= 0.6 is 11.8 Å². The molecule has 0 fully saturated rings. The Morgan fingerprint density at radius 1 is 1.35 bits per heavy atom. The number of nitrogens with one attached hydrogen (secondary N) is 1. The zero-order valence-corrected chi connectivity index (χ0v) is 14.8. The Labute approximate surface area is 152 Å². The van der Waals surface area contributed by atoms with E-state index in [0.29, 0.717) is 22.4 Å². The minimum Gasteiger partial charge on any atom is -0.461 e. The molecule has 0 radical (unpaired) electrons. The number of rotatable bonds is 6. The highest BCUT2D eigenvalue weighted by molar-refractivity contribution is 8.00. The van der Waals surface area contributed by atoms with Gasteiger partial charge in [-0.25, -0.2) is 0 Å². The van der Waals surface area contributed by atoms with Gasteiger partial charge in [-0.3, -0.25) is 14.9 Å². The van der Waals surface area contributed by atoms with Crippen LogP contribution in [0.2, 0.25) is 0 Å². The third-order valence-corrected chi connectivity index (χ3v) is 4.69. The maximum atomic E-state index is 12.4. The van der Waals surface area contributed by atoms with Crippen molar-refractivity contribution in [1.82, 2.24) is 14.8 Å². The Morgan fingerprint density at radius 3 is 2.85 bits per heavy atom. The van der Waals surface area contributed by atoms with E-state index in [1.807, 2.05) is 0 Å².